The van der Waals surface area contributed by atoms with Gasteiger partial charge in [0.05, 0.1) is 31.9 Å². The largest absolute Gasteiger partial charge is 0.389 e. The van der Waals surface area contributed by atoms with Gasteiger partial charge in [0.25, 0.3) is 0 Å². The van der Waals surface area contributed by atoms with E-state index < -0.39 is 0 Å². The molecule has 1 saturated heterocycles. The van der Waals surface area contributed by atoms with E-state index in [-0.39, 0.29) is 12.2 Å². The number of methoxy groups -OCH3 is 1. The van der Waals surface area contributed by atoms with Crippen molar-refractivity contribution in [2.24, 2.45) is 0 Å². The zero-order valence-electron chi connectivity index (χ0n) is 6.99. The molecule has 0 aromatic rings. The van der Waals surface area contributed by atoms with E-state index in [1.807, 2.05) is 6.92 Å². The van der Waals surface area contributed by atoms with Crippen LogP contribution in [0.1, 0.15) is 6.92 Å². The van der Waals surface area contributed by atoms with Crippen LogP contribution < -0.4 is 0 Å². The molecule has 0 amide bonds. The van der Waals surface area contributed by atoms with Crippen molar-refractivity contribution in [1.82, 2.24) is 5.06 Å². The summed E-state index contributed by atoms with van der Waals surface area (Å²) in [6, 6.07) is 0. The van der Waals surface area contributed by atoms with Crippen molar-refractivity contribution in [3.8, 4) is 0 Å². The van der Waals surface area contributed by atoms with Crippen molar-refractivity contribution in [3.63, 3.8) is 0 Å². The average molecular weight is 161 g/mol. The van der Waals surface area contributed by atoms with E-state index in [0.717, 1.165) is 0 Å². The third-order valence-electron chi connectivity index (χ3n) is 1.73. The Bertz CT molecular complexity index is 120. The van der Waals surface area contributed by atoms with Crippen molar-refractivity contribution in [2.45, 2.75) is 19.1 Å². The van der Waals surface area contributed by atoms with Crippen molar-refractivity contribution in [3.05, 3.63) is 0 Å². The highest BCUT2D eigenvalue weighted by molar-refractivity contribution is 4.66. The molecule has 1 heterocycles. The van der Waals surface area contributed by atoms with Gasteiger partial charge < -0.3 is 9.84 Å². The predicted octanol–water partition coefficient (Wildman–Crippen LogP) is -0.371. The lowest BCUT2D eigenvalue weighted by molar-refractivity contribution is -0.130. The van der Waals surface area contributed by atoms with Crippen LogP contribution >= 0.6 is 0 Å². The Labute approximate surface area is 66.7 Å². The van der Waals surface area contributed by atoms with Crippen LogP contribution in [0.4, 0.5) is 0 Å². The maximum Gasteiger partial charge on any atom is 0.0958 e. The summed E-state index contributed by atoms with van der Waals surface area (Å²) in [6.45, 7) is 3.69. The molecular weight excluding hydrogens is 146 g/mol. The van der Waals surface area contributed by atoms with E-state index in [1.165, 1.54) is 0 Å². The number of rotatable bonds is 3. The Kier molecular flexibility index (Phi) is 3.26. The molecule has 2 atom stereocenters. The molecule has 0 bridgehead atoms. The van der Waals surface area contributed by atoms with Gasteiger partial charge in [-0.1, -0.05) is 0 Å². The summed E-state index contributed by atoms with van der Waals surface area (Å²) < 4.78 is 5.04. The third kappa shape index (κ3) is 2.75. The van der Waals surface area contributed by atoms with Gasteiger partial charge in [-0.05, 0) is 6.92 Å². The summed E-state index contributed by atoms with van der Waals surface area (Å²) in [4.78, 5) is 5.14. The third-order valence-corrected chi connectivity index (χ3v) is 1.73. The zero-order chi connectivity index (χ0) is 8.27. The normalized spacial score (nSPS) is 29.2. The Morgan fingerprint density at radius 2 is 2.55 bits per heavy atom. The number of hydrogen-bond acceptors (Lipinski definition) is 4. The number of ether oxygens (including phenoxy) is 1. The molecule has 4 nitrogen and oxygen atoms in total. The van der Waals surface area contributed by atoms with Gasteiger partial charge >= 0.3 is 0 Å². The molecule has 0 saturated carbocycles. The molecule has 1 N–H and O–H groups in total. The van der Waals surface area contributed by atoms with Gasteiger partial charge in [-0.15, -0.1) is 0 Å². The number of nitrogens with zero attached hydrogens (tertiary/aromatic N) is 1. The van der Waals surface area contributed by atoms with Gasteiger partial charge in [0, 0.05) is 7.11 Å². The van der Waals surface area contributed by atoms with Crippen LogP contribution in [0.15, 0.2) is 0 Å². The maximum atomic E-state index is 9.08. The summed E-state index contributed by atoms with van der Waals surface area (Å²) in [5.74, 6) is 0. The number of aliphatic hydroxyl groups is 1. The van der Waals surface area contributed by atoms with Gasteiger partial charge in [-0.25, -0.2) is 0 Å². The topological polar surface area (TPSA) is 41.9 Å². The SMILES string of the molecule is COC(C)CN1CC(O)CO1. The Hall–Kier alpha value is -0.160. The standard InChI is InChI=1S/C7H15NO3/c1-6(10-2)3-8-4-7(9)5-11-8/h6-7,9H,3-5H2,1-2H3. The minimum absolute atomic E-state index is 0.153. The van der Waals surface area contributed by atoms with Crippen LogP contribution in [-0.2, 0) is 9.57 Å². The highest BCUT2D eigenvalue weighted by atomic mass is 16.7. The highest BCUT2D eigenvalue weighted by Crippen LogP contribution is 2.06. The van der Waals surface area contributed by atoms with Crippen LogP contribution in [0.25, 0.3) is 0 Å². The molecular formula is C7H15NO3. The molecule has 0 spiro atoms. The van der Waals surface area contributed by atoms with E-state index in [1.54, 1.807) is 12.2 Å². The van der Waals surface area contributed by atoms with Crippen LogP contribution in [-0.4, -0.2) is 49.2 Å². The number of aliphatic hydroxyl groups excluding tert-OH is 1. The lowest BCUT2D eigenvalue weighted by Crippen LogP contribution is -2.29. The average Bonchev–Trinajstić information content (AvgIpc) is 2.35. The fourth-order valence-electron chi connectivity index (χ4n) is 1.02. The summed E-state index contributed by atoms with van der Waals surface area (Å²) in [6.07, 6.45) is -0.181. The first-order chi connectivity index (χ1) is 5.22. The Balaban J connectivity index is 2.17. The lowest BCUT2D eigenvalue weighted by atomic mass is 10.3. The second-order valence-electron chi connectivity index (χ2n) is 2.84. The number of hydrogen-bond donors (Lipinski definition) is 1. The van der Waals surface area contributed by atoms with E-state index in [2.05, 4.69) is 0 Å². The van der Waals surface area contributed by atoms with Crippen molar-refractivity contribution in [2.75, 3.05) is 26.8 Å². The van der Waals surface area contributed by atoms with Crippen molar-refractivity contribution < 1.29 is 14.7 Å². The molecule has 0 aliphatic carbocycles. The van der Waals surface area contributed by atoms with Crippen molar-refractivity contribution >= 4 is 0 Å². The summed E-state index contributed by atoms with van der Waals surface area (Å²) >= 11 is 0. The second-order valence-corrected chi connectivity index (χ2v) is 2.84. The Morgan fingerprint density at radius 1 is 1.82 bits per heavy atom. The van der Waals surface area contributed by atoms with Gasteiger partial charge in [0.1, 0.15) is 0 Å². The molecule has 1 aliphatic heterocycles. The van der Waals surface area contributed by atoms with Crippen LogP contribution in [0, 0.1) is 0 Å². The zero-order valence-corrected chi connectivity index (χ0v) is 6.99. The fourth-order valence-corrected chi connectivity index (χ4v) is 1.02. The predicted molar refractivity (Wildman–Crippen MR) is 40.0 cm³/mol. The van der Waals surface area contributed by atoms with Gasteiger partial charge in [-0.3, -0.25) is 4.84 Å². The van der Waals surface area contributed by atoms with Crippen LogP contribution in [0.2, 0.25) is 0 Å². The van der Waals surface area contributed by atoms with Gasteiger partial charge in [0.15, 0.2) is 0 Å². The minimum atomic E-state index is -0.334. The van der Waals surface area contributed by atoms with Crippen LogP contribution in [0.5, 0.6) is 0 Å². The summed E-state index contributed by atoms with van der Waals surface area (Å²) in [5.41, 5.74) is 0. The minimum Gasteiger partial charge on any atom is -0.389 e. The smallest absolute Gasteiger partial charge is 0.0958 e. The number of β-amino-alcohol motifs (C(OH)–C–C–N with tert-alkyl or cyclic N) is 1. The fraction of sp³-hybridized carbons (Fsp3) is 1.00. The van der Waals surface area contributed by atoms with Crippen molar-refractivity contribution in [1.29, 1.82) is 0 Å². The molecule has 1 rings (SSSR count). The highest BCUT2D eigenvalue weighted by Gasteiger charge is 2.22. The first-order valence-electron chi connectivity index (χ1n) is 3.81. The molecule has 1 fully saturated rings. The van der Waals surface area contributed by atoms with E-state index >= 15 is 0 Å². The van der Waals surface area contributed by atoms with E-state index in [4.69, 9.17) is 14.7 Å². The van der Waals surface area contributed by atoms with E-state index in [9.17, 15) is 0 Å². The maximum absolute atomic E-state index is 9.08. The molecule has 66 valence electrons. The summed E-state index contributed by atoms with van der Waals surface area (Å²) in [7, 11) is 1.66. The molecule has 2 unspecified atom stereocenters. The van der Waals surface area contributed by atoms with Gasteiger partial charge in [-0.2, -0.15) is 5.06 Å². The molecule has 11 heavy (non-hydrogen) atoms. The van der Waals surface area contributed by atoms with E-state index in [0.29, 0.717) is 19.7 Å². The monoisotopic (exact) mass is 161 g/mol. The molecule has 0 aromatic heterocycles. The molecule has 1 aliphatic rings. The quantitative estimate of drug-likeness (QED) is 0.613. The van der Waals surface area contributed by atoms with Crippen LogP contribution in [0.3, 0.4) is 0 Å². The van der Waals surface area contributed by atoms with Gasteiger partial charge in [0.2, 0.25) is 0 Å². The molecule has 0 radical (unpaired) electrons. The summed E-state index contributed by atoms with van der Waals surface area (Å²) in [5, 5.41) is 10.8. The lowest BCUT2D eigenvalue weighted by Gasteiger charge is -2.17. The first kappa shape index (κ1) is 8.93. The number of hydroxylamine groups is 2. The molecule has 4 heteroatoms. The Morgan fingerprint density at radius 3 is 3.00 bits per heavy atom. The first-order valence-corrected chi connectivity index (χ1v) is 3.81. The second kappa shape index (κ2) is 4.01. The molecule has 0 aromatic carbocycles.